The van der Waals surface area contributed by atoms with Crippen molar-refractivity contribution in [2.75, 3.05) is 39.3 Å². The summed E-state index contributed by atoms with van der Waals surface area (Å²) in [6, 6.07) is 0. The van der Waals surface area contributed by atoms with Gasteiger partial charge in [-0.25, -0.2) is 0 Å². The topological polar surface area (TPSA) is 6.48 Å². The minimum absolute atomic E-state index is 0.968. The van der Waals surface area contributed by atoms with Crippen LogP contribution in [0.5, 0.6) is 0 Å². The highest BCUT2D eigenvalue weighted by molar-refractivity contribution is 4.79. The summed E-state index contributed by atoms with van der Waals surface area (Å²) in [5, 5.41) is 0. The Morgan fingerprint density at radius 3 is 1.35 bits per heavy atom. The van der Waals surface area contributed by atoms with Crippen molar-refractivity contribution in [1.82, 2.24) is 9.80 Å². The SMILES string of the molecule is CCN(CC)CC1CCC(CN(CC)CC)C1. The number of hydrogen-bond acceptors (Lipinski definition) is 2. The molecule has 0 aromatic carbocycles. The first-order valence-corrected chi connectivity index (χ1v) is 7.68. The lowest BCUT2D eigenvalue weighted by Crippen LogP contribution is -2.30. The Bertz CT molecular complexity index is 165. The Kier molecular flexibility index (Phi) is 7.14. The van der Waals surface area contributed by atoms with Crippen LogP contribution in [0.15, 0.2) is 0 Å². The third-order valence-corrected chi connectivity index (χ3v) is 4.47. The predicted octanol–water partition coefficient (Wildman–Crippen LogP) is 3.09. The van der Waals surface area contributed by atoms with Gasteiger partial charge in [0.2, 0.25) is 0 Å². The van der Waals surface area contributed by atoms with Crippen LogP contribution in [0.25, 0.3) is 0 Å². The van der Waals surface area contributed by atoms with Crippen LogP contribution in [0.3, 0.4) is 0 Å². The molecule has 0 aromatic heterocycles. The molecule has 0 radical (unpaired) electrons. The van der Waals surface area contributed by atoms with E-state index in [1.807, 2.05) is 0 Å². The molecular weight excluding hydrogens is 208 g/mol. The van der Waals surface area contributed by atoms with Gasteiger partial charge in [0.1, 0.15) is 0 Å². The van der Waals surface area contributed by atoms with Gasteiger partial charge in [-0.05, 0) is 57.3 Å². The molecule has 1 fully saturated rings. The molecule has 0 N–H and O–H groups in total. The first-order chi connectivity index (χ1) is 8.23. The third kappa shape index (κ3) is 4.97. The van der Waals surface area contributed by atoms with E-state index < -0.39 is 0 Å². The Morgan fingerprint density at radius 1 is 0.706 bits per heavy atom. The minimum atomic E-state index is 0.968. The molecule has 2 heteroatoms. The molecule has 0 aliphatic heterocycles. The smallest absolute Gasteiger partial charge is 0.000954 e. The van der Waals surface area contributed by atoms with Gasteiger partial charge in [0, 0.05) is 13.1 Å². The summed E-state index contributed by atoms with van der Waals surface area (Å²) in [5.41, 5.74) is 0. The van der Waals surface area contributed by atoms with Gasteiger partial charge in [-0.1, -0.05) is 27.7 Å². The fourth-order valence-electron chi connectivity index (χ4n) is 3.20. The Hall–Kier alpha value is -0.0800. The quantitative estimate of drug-likeness (QED) is 0.643. The lowest BCUT2D eigenvalue weighted by molar-refractivity contribution is 0.231. The zero-order valence-corrected chi connectivity index (χ0v) is 12.4. The van der Waals surface area contributed by atoms with E-state index in [9.17, 15) is 0 Å². The summed E-state index contributed by atoms with van der Waals surface area (Å²) in [6.07, 6.45) is 4.39. The normalized spacial score (nSPS) is 25.1. The van der Waals surface area contributed by atoms with Crippen molar-refractivity contribution in [3.05, 3.63) is 0 Å². The standard InChI is InChI=1S/C15H32N2/c1-5-16(6-2)12-14-9-10-15(11-14)13-17(7-3)8-4/h14-15H,5-13H2,1-4H3. The van der Waals surface area contributed by atoms with Crippen LogP contribution in [0.1, 0.15) is 47.0 Å². The number of hydrogen-bond donors (Lipinski definition) is 0. The molecular formula is C15H32N2. The summed E-state index contributed by atoms with van der Waals surface area (Å²) in [5.74, 6) is 1.94. The summed E-state index contributed by atoms with van der Waals surface area (Å²) in [4.78, 5) is 5.18. The second-order valence-corrected chi connectivity index (χ2v) is 5.52. The van der Waals surface area contributed by atoms with Crippen LogP contribution < -0.4 is 0 Å². The predicted molar refractivity (Wildman–Crippen MR) is 76.4 cm³/mol. The Balaban J connectivity index is 2.27. The fourth-order valence-corrected chi connectivity index (χ4v) is 3.20. The maximum Gasteiger partial charge on any atom is 0.000954 e. The molecule has 2 atom stereocenters. The summed E-state index contributed by atoms with van der Waals surface area (Å²) in [6.45, 7) is 16.7. The van der Waals surface area contributed by atoms with E-state index in [-0.39, 0.29) is 0 Å². The zero-order chi connectivity index (χ0) is 12.7. The number of rotatable bonds is 8. The van der Waals surface area contributed by atoms with Gasteiger partial charge in [-0.3, -0.25) is 0 Å². The highest BCUT2D eigenvalue weighted by Gasteiger charge is 2.26. The Morgan fingerprint density at radius 2 is 1.06 bits per heavy atom. The highest BCUT2D eigenvalue weighted by Crippen LogP contribution is 2.31. The van der Waals surface area contributed by atoms with E-state index in [0.29, 0.717) is 0 Å². The largest absolute Gasteiger partial charge is 0.304 e. The van der Waals surface area contributed by atoms with Gasteiger partial charge in [0.15, 0.2) is 0 Å². The zero-order valence-electron chi connectivity index (χ0n) is 12.4. The molecule has 1 aliphatic rings. The first kappa shape index (κ1) is 15.0. The van der Waals surface area contributed by atoms with Crippen molar-refractivity contribution in [3.63, 3.8) is 0 Å². The molecule has 0 spiro atoms. The van der Waals surface area contributed by atoms with Crippen LogP contribution >= 0.6 is 0 Å². The molecule has 0 aromatic rings. The van der Waals surface area contributed by atoms with Gasteiger partial charge in [0.05, 0.1) is 0 Å². The third-order valence-electron chi connectivity index (χ3n) is 4.47. The molecule has 0 saturated heterocycles. The maximum absolute atomic E-state index is 2.59. The molecule has 2 unspecified atom stereocenters. The van der Waals surface area contributed by atoms with Crippen LogP contribution in [-0.2, 0) is 0 Å². The van der Waals surface area contributed by atoms with E-state index in [4.69, 9.17) is 0 Å². The molecule has 1 rings (SSSR count). The molecule has 0 bridgehead atoms. The van der Waals surface area contributed by atoms with E-state index in [1.165, 1.54) is 58.5 Å². The first-order valence-electron chi connectivity index (χ1n) is 7.68. The van der Waals surface area contributed by atoms with Gasteiger partial charge in [-0.2, -0.15) is 0 Å². The van der Waals surface area contributed by atoms with Crippen molar-refractivity contribution in [3.8, 4) is 0 Å². The van der Waals surface area contributed by atoms with Crippen molar-refractivity contribution in [2.45, 2.75) is 47.0 Å². The summed E-state index contributed by atoms with van der Waals surface area (Å²) < 4.78 is 0. The molecule has 0 heterocycles. The molecule has 1 aliphatic carbocycles. The second-order valence-electron chi connectivity index (χ2n) is 5.52. The molecule has 2 nitrogen and oxygen atoms in total. The summed E-state index contributed by atoms with van der Waals surface area (Å²) in [7, 11) is 0. The van der Waals surface area contributed by atoms with Crippen molar-refractivity contribution in [2.24, 2.45) is 11.8 Å². The van der Waals surface area contributed by atoms with E-state index >= 15 is 0 Å². The van der Waals surface area contributed by atoms with Crippen LogP contribution in [0.2, 0.25) is 0 Å². The van der Waals surface area contributed by atoms with Crippen LogP contribution in [0.4, 0.5) is 0 Å². The fraction of sp³-hybridized carbons (Fsp3) is 1.00. The van der Waals surface area contributed by atoms with E-state index in [1.54, 1.807) is 0 Å². The van der Waals surface area contributed by atoms with Crippen LogP contribution in [-0.4, -0.2) is 49.1 Å². The van der Waals surface area contributed by atoms with Gasteiger partial charge in [-0.15, -0.1) is 0 Å². The lowest BCUT2D eigenvalue weighted by atomic mass is 10.0. The lowest BCUT2D eigenvalue weighted by Gasteiger charge is -2.24. The minimum Gasteiger partial charge on any atom is -0.304 e. The highest BCUT2D eigenvalue weighted by atomic mass is 15.1. The average Bonchev–Trinajstić information content (AvgIpc) is 2.80. The molecule has 0 amide bonds. The molecule has 17 heavy (non-hydrogen) atoms. The second kappa shape index (κ2) is 8.10. The van der Waals surface area contributed by atoms with Gasteiger partial charge >= 0.3 is 0 Å². The molecule has 1 saturated carbocycles. The van der Waals surface area contributed by atoms with Crippen molar-refractivity contribution >= 4 is 0 Å². The molecule has 102 valence electrons. The van der Waals surface area contributed by atoms with Crippen molar-refractivity contribution < 1.29 is 0 Å². The van der Waals surface area contributed by atoms with Gasteiger partial charge in [0.25, 0.3) is 0 Å². The average molecular weight is 240 g/mol. The van der Waals surface area contributed by atoms with Gasteiger partial charge < -0.3 is 9.80 Å². The summed E-state index contributed by atoms with van der Waals surface area (Å²) >= 11 is 0. The van der Waals surface area contributed by atoms with E-state index in [2.05, 4.69) is 37.5 Å². The number of nitrogens with zero attached hydrogens (tertiary/aromatic N) is 2. The Labute approximate surface area is 108 Å². The monoisotopic (exact) mass is 240 g/mol. The van der Waals surface area contributed by atoms with E-state index in [0.717, 1.165) is 11.8 Å². The van der Waals surface area contributed by atoms with Crippen molar-refractivity contribution in [1.29, 1.82) is 0 Å². The maximum atomic E-state index is 2.59. The van der Waals surface area contributed by atoms with Crippen LogP contribution in [0, 0.1) is 11.8 Å².